The van der Waals surface area contributed by atoms with Gasteiger partial charge in [-0.25, -0.2) is 0 Å². The summed E-state index contributed by atoms with van der Waals surface area (Å²) < 4.78 is 5.57. The van der Waals surface area contributed by atoms with Gasteiger partial charge in [0, 0.05) is 105 Å². The molecule has 2 fully saturated rings. The Kier molecular flexibility index (Phi) is 35.0. The average Bonchev–Trinajstić information content (AvgIpc) is 0.816. The Morgan fingerprint density at radius 1 is 0.484 bits per heavy atom. The SMILES string of the molecule is CC[C@H]1CC(=O)[C@@H]([C@H](O)[C@H](C)CCN2CCOCC2)N(C)C(=O)[C@@H](C(C)C)N(C)C(=O)[C@@H](CC(C)C)N(C)C(=O)[C@@H](CC(C)C)N(C)C(=O)[C@H](C)NC(=O)[C@@H](C)CC(=O)[C@@H](CC(C)C)N(C)C(=O)[C@@H](C(C)C)CC(=O)[C@H](CC(C)C)N(C)C(=O)[C@@H](SC(C)C)N(C)C1=O. The number of likely N-dealkylation sites (N-methyl/N-ethyl adjacent to an activating group) is 7. The van der Waals surface area contributed by atoms with Crippen molar-refractivity contribution in [3.8, 4) is 0 Å². The number of carbonyl (C=O) groups is 11. The van der Waals surface area contributed by atoms with Gasteiger partial charge >= 0.3 is 0 Å². The second-order valence-corrected chi connectivity index (χ2v) is 31.4. The van der Waals surface area contributed by atoms with E-state index in [9.17, 15) is 29.1 Å². The first-order chi connectivity index (χ1) is 43.0. The second-order valence-electron chi connectivity index (χ2n) is 29.7. The van der Waals surface area contributed by atoms with Gasteiger partial charge in [0.2, 0.25) is 41.4 Å². The number of aliphatic hydroxyl groups is 1. The predicted molar refractivity (Wildman–Crippen MR) is 366 cm³/mol. The van der Waals surface area contributed by atoms with Gasteiger partial charge < -0.3 is 49.5 Å². The molecule has 2 saturated heterocycles. The number of Topliss-reactive ketones (excluding diaryl/α,β-unsaturated/α-hetero) is 3. The van der Waals surface area contributed by atoms with E-state index in [1.807, 2.05) is 90.0 Å². The van der Waals surface area contributed by atoms with Crippen molar-refractivity contribution < 1.29 is 62.6 Å². The van der Waals surface area contributed by atoms with Gasteiger partial charge in [0.1, 0.15) is 30.2 Å². The quantitative estimate of drug-likeness (QED) is 0.144. The molecule has 0 aromatic heterocycles. The monoisotopic (exact) mass is 1330 g/mol. The lowest BCUT2D eigenvalue weighted by Crippen LogP contribution is -2.62. The van der Waals surface area contributed by atoms with Crippen LogP contribution in [0.2, 0.25) is 0 Å². The highest BCUT2D eigenvalue weighted by Gasteiger charge is 2.47. The summed E-state index contributed by atoms with van der Waals surface area (Å²) in [5.74, 6) is -10.9. The lowest BCUT2D eigenvalue weighted by molar-refractivity contribution is -0.157. The first-order valence-electron chi connectivity index (χ1n) is 34.4. The molecule has 22 nitrogen and oxygen atoms in total. The third kappa shape index (κ3) is 24.0. The third-order valence-corrected chi connectivity index (χ3v) is 20.2. The van der Waals surface area contributed by atoms with Crippen molar-refractivity contribution in [1.29, 1.82) is 0 Å². The van der Waals surface area contributed by atoms with Crippen LogP contribution in [0.4, 0.5) is 0 Å². The van der Waals surface area contributed by atoms with Gasteiger partial charge in [-0.1, -0.05) is 118 Å². The van der Waals surface area contributed by atoms with E-state index in [4.69, 9.17) is 4.74 Å². The Bertz CT molecular complexity index is 2500. The fourth-order valence-corrected chi connectivity index (χ4v) is 13.9. The Morgan fingerprint density at radius 3 is 1.37 bits per heavy atom. The minimum absolute atomic E-state index is 0.0747. The van der Waals surface area contributed by atoms with Crippen LogP contribution in [0.1, 0.15) is 182 Å². The van der Waals surface area contributed by atoms with E-state index >= 15 is 28.8 Å². The van der Waals surface area contributed by atoms with Crippen molar-refractivity contribution in [3.05, 3.63) is 0 Å². The number of hydrogen-bond donors (Lipinski definition) is 2. The number of ether oxygens (including phenoxy) is 1. The summed E-state index contributed by atoms with van der Waals surface area (Å²) in [5, 5.41) is 13.9. The first kappa shape index (κ1) is 84.1. The lowest BCUT2D eigenvalue weighted by Gasteiger charge is -2.42. The van der Waals surface area contributed by atoms with Crippen LogP contribution in [0.25, 0.3) is 0 Å². The zero-order valence-electron chi connectivity index (χ0n) is 61.8. The molecule has 8 amide bonds. The summed E-state index contributed by atoms with van der Waals surface area (Å²) in [4.78, 5) is 176. The summed E-state index contributed by atoms with van der Waals surface area (Å²) >= 11 is 1.20. The molecule has 0 radical (unpaired) electrons. The zero-order chi connectivity index (χ0) is 71.5. The van der Waals surface area contributed by atoms with Gasteiger partial charge in [-0.2, -0.15) is 0 Å². The summed E-state index contributed by atoms with van der Waals surface area (Å²) in [6.45, 7) is 35.8. The molecule has 93 heavy (non-hydrogen) atoms. The van der Waals surface area contributed by atoms with Crippen LogP contribution in [0.3, 0.4) is 0 Å². The molecule has 2 rings (SSSR count). The molecule has 0 aromatic carbocycles. The van der Waals surface area contributed by atoms with E-state index < -0.39 is 155 Å². The maximum absolute atomic E-state index is 15.5. The zero-order valence-corrected chi connectivity index (χ0v) is 62.6. The molecule has 0 spiro atoms. The molecular formula is C70H125N9O13S. The predicted octanol–water partition coefficient (Wildman–Crippen LogP) is 6.76. The van der Waals surface area contributed by atoms with Gasteiger partial charge in [-0.05, 0) is 93.4 Å². The van der Waals surface area contributed by atoms with Crippen molar-refractivity contribution in [2.45, 2.75) is 241 Å². The van der Waals surface area contributed by atoms with Crippen molar-refractivity contribution in [2.75, 3.05) is 82.2 Å². The summed E-state index contributed by atoms with van der Waals surface area (Å²) in [6, 6.07) is -8.21. The number of carbonyl (C=O) groups excluding carboxylic acids is 11. The van der Waals surface area contributed by atoms with Gasteiger partial charge in [0.15, 0.2) is 22.7 Å². The van der Waals surface area contributed by atoms with E-state index in [1.54, 1.807) is 27.7 Å². The fourth-order valence-electron chi connectivity index (χ4n) is 12.8. The normalized spacial score (nSPS) is 27.9. The molecule has 0 aromatic rings. The number of amides is 8. The maximum atomic E-state index is 15.5. The number of ketones is 3. The van der Waals surface area contributed by atoms with Crippen LogP contribution in [-0.2, 0) is 57.5 Å². The van der Waals surface area contributed by atoms with Crippen LogP contribution >= 0.6 is 11.8 Å². The minimum Gasteiger partial charge on any atom is -0.390 e. The van der Waals surface area contributed by atoms with Crippen LogP contribution in [0.15, 0.2) is 0 Å². The number of rotatable bonds is 18. The van der Waals surface area contributed by atoms with Crippen molar-refractivity contribution in [1.82, 2.24) is 44.5 Å². The van der Waals surface area contributed by atoms with Crippen molar-refractivity contribution >= 4 is 76.4 Å². The van der Waals surface area contributed by atoms with E-state index in [0.29, 0.717) is 39.3 Å². The van der Waals surface area contributed by atoms with Crippen LogP contribution < -0.4 is 5.32 Å². The molecule has 0 aliphatic carbocycles. The van der Waals surface area contributed by atoms with Gasteiger partial charge in [0.05, 0.1) is 31.4 Å². The van der Waals surface area contributed by atoms with Gasteiger partial charge in [-0.3, -0.25) is 57.6 Å². The van der Waals surface area contributed by atoms with Gasteiger partial charge in [-0.15, -0.1) is 11.8 Å². The Labute approximate surface area is 563 Å². The van der Waals surface area contributed by atoms with E-state index in [0.717, 1.165) is 0 Å². The Hall–Kier alpha value is -5.00. The largest absolute Gasteiger partial charge is 0.390 e. The molecule has 2 aliphatic heterocycles. The smallest absolute Gasteiger partial charge is 0.256 e. The number of nitrogens with one attached hydrogen (secondary N) is 1. The van der Waals surface area contributed by atoms with E-state index in [1.165, 1.54) is 102 Å². The molecule has 0 bridgehead atoms. The highest BCUT2D eigenvalue weighted by Crippen LogP contribution is 2.32. The molecule has 534 valence electrons. The molecule has 0 unspecified atom stereocenters. The molecule has 23 heteroatoms. The van der Waals surface area contributed by atoms with E-state index in [2.05, 4.69) is 10.2 Å². The first-order valence-corrected chi connectivity index (χ1v) is 35.4. The second kappa shape index (κ2) is 38.7. The van der Waals surface area contributed by atoms with Crippen molar-refractivity contribution in [2.24, 2.45) is 59.2 Å². The number of aliphatic hydroxyl groups excluding tert-OH is 1. The summed E-state index contributed by atoms with van der Waals surface area (Å²) in [7, 11) is 10.4. The highest BCUT2D eigenvalue weighted by molar-refractivity contribution is 8.01. The van der Waals surface area contributed by atoms with Crippen LogP contribution in [-0.4, -0.2) is 250 Å². The molecule has 0 saturated carbocycles. The Morgan fingerprint density at radius 2 is 0.914 bits per heavy atom. The lowest BCUT2D eigenvalue weighted by atomic mass is 9.84. The number of nitrogens with zero attached hydrogens (tertiary/aromatic N) is 8. The molecule has 2 heterocycles. The Balaban J connectivity index is 3.08. The van der Waals surface area contributed by atoms with Crippen LogP contribution in [0, 0.1) is 59.2 Å². The third-order valence-electron chi connectivity index (χ3n) is 18.8. The van der Waals surface area contributed by atoms with Crippen LogP contribution in [0.5, 0.6) is 0 Å². The minimum atomic E-state index is -1.51. The molecule has 2 aliphatic rings. The number of hydrogen-bond acceptors (Lipinski definition) is 15. The summed E-state index contributed by atoms with van der Waals surface area (Å²) in [5.41, 5.74) is 0. The van der Waals surface area contributed by atoms with E-state index in [-0.39, 0.29) is 79.7 Å². The number of morpholine rings is 1. The average molecular weight is 1330 g/mol. The summed E-state index contributed by atoms with van der Waals surface area (Å²) in [6.07, 6.45) is -1.05. The molecular weight excluding hydrogens is 1210 g/mol. The van der Waals surface area contributed by atoms with Crippen molar-refractivity contribution in [3.63, 3.8) is 0 Å². The molecule has 13 atom stereocenters. The maximum Gasteiger partial charge on any atom is 0.256 e. The standard InChI is InChI=1S/C70H125N9O13S/c1-26-50-38-58(82)60(61(83)47(16)27-28-79-29-31-92-32-30-79)77(24)68(90)59(45(12)13)76(23)67(89)55(36-43(8)9)75(22)66(88)54(35-42(6)7)74(21)63(85)49(18)71-62(84)48(17)37-56(80)52(33-40(2)3)72(19)65(87)51(44(10)11)39-57(81)53(34-41(4)5)73(20)69(91)70(93-46(14)15)78(25)64(50)86/h40-55,59-61,70,83H,26-39H2,1-25H3,(H,71,84)/t47-,48+,49+,50+,51-,52-,53+,54-,55-,59-,60+,61-,70-/m1/s1. The van der Waals surface area contributed by atoms with Gasteiger partial charge in [0.25, 0.3) is 5.91 Å². The number of thioether (sulfide) groups is 1. The fraction of sp³-hybridized carbons (Fsp3) is 0.843. The highest BCUT2D eigenvalue weighted by atomic mass is 32.2. The topological polar surface area (TPSA) is 255 Å². The molecule has 2 N–H and O–H groups in total.